The summed E-state index contributed by atoms with van der Waals surface area (Å²) < 4.78 is 0. The number of carbonyl (C=O) groups excluding carboxylic acids is 1. The Kier molecular flexibility index (Phi) is 3.85. The molecule has 0 radical (unpaired) electrons. The van der Waals surface area contributed by atoms with Crippen molar-refractivity contribution in [2.75, 3.05) is 11.4 Å². The first-order valence-electron chi connectivity index (χ1n) is 8.67. The van der Waals surface area contributed by atoms with Gasteiger partial charge in [0.25, 0.3) is 0 Å². The highest BCUT2D eigenvalue weighted by molar-refractivity contribution is 5.95. The lowest BCUT2D eigenvalue weighted by molar-refractivity contribution is -0.118. The van der Waals surface area contributed by atoms with Crippen molar-refractivity contribution in [3.05, 3.63) is 65.4 Å². The predicted molar refractivity (Wildman–Crippen MR) is 98.5 cm³/mol. The summed E-state index contributed by atoms with van der Waals surface area (Å²) >= 11 is 0. The van der Waals surface area contributed by atoms with Crippen LogP contribution in [-0.2, 0) is 17.6 Å². The van der Waals surface area contributed by atoms with Crippen LogP contribution in [0.2, 0.25) is 0 Å². The lowest BCUT2D eigenvalue weighted by atomic mass is 9.99. The van der Waals surface area contributed by atoms with Gasteiger partial charge in [-0.3, -0.25) is 4.79 Å². The third-order valence-electron chi connectivity index (χ3n) is 4.94. The number of fused-ring (bicyclic) bond motifs is 2. The van der Waals surface area contributed by atoms with Crippen LogP contribution in [0.15, 0.2) is 48.7 Å². The minimum absolute atomic E-state index is 0.227. The normalized spacial score (nSPS) is 14.0. The van der Waals surface area contributed by atoms with Gasteiger partial charge in [0.15, 0.2) is 0 Å². The first kappa shape index (κ1) is 15.0. The maximum Gasteiger partial charge on any atom is 0.227 e. The second-order valence-corrected chi connectivity index (χ2v) is 6.64. The molecule has 1 aromatic heterocycles. The first-order chi connectivity index (χ1) is 11.7. The topological polar surface area (TPSA) is 36.1 Å². The predicted octanol–water partition coefficient (Wildman–Crippen LogP) is 4.39. The summed E-state index contributed by atoms with van der Waals surface area (Å²) in [6.07, 6.45) is 5.49. The number of H-pyrrole nitrogens is 1. The smallest absolute Gasteiger partial charge is 0.227 e. The molecule has 3 nitrogen and oxygen atoms in total. The first-order valence-corrected chi connectivity index (χ1v) is 8.67. The number of aromatic nitrogens is 1. The number of rotatable bonds is 3. The van der Waals surface area contributed by atoms with Crippen molar-refractivity contribution in [2.45, 2.75) is 32.6 Å². The van der Waals surface area contributed by atoms with Crippen LogP contribution in [0.4, 0.5) is 5.69 Å². The highest BCUT2D eigenvalue weighted by atomic mass is 16.2. The zero-order valence-corrected chi connectivity index (χ0v) is 14.0. The van der Waals surface area contributed by atoms with Crippen molar-refractivity contribution in [1.29, 1.82) is 0 Å². The molecule has 1 aliphatic rings. The van der Waals surface area contributed by atoms with Crippen molar-refractivity contribution in [3.8, 4) is 0 Å². The summed E-state index contributed by atoms with van der Waals surface area (Å²) in [5.74, 6) is 0.227. The molecule has 2 heterocycles. The maximum absolute atomic E-state index is 12.8. The Morgan fingerprint density at radius 2 is 2.08 bits per heavy atom. The zero-order chi connectivity index (χ0) is 16.5. The van der Waals surface area contributed by atoms with E-state index in [1.54, 1.807) is 0 Å². The standard InChI is InChI=1S/C21H22N2O/c1-15-8-10-20-16(13-15)5-4-12-23(20)21(24)11-9-17-14-22-19-7-3-2-6-18(17)19/h2-3,6-8,10,13-14,22H,4-5,9,11-12H2,1H3. The number of anilines is 1. The number of hydrogen-bond acceptors (Lipinski definition) is 1. The fourth-order valence-corrected chi connectivity index (χ4v) is 3.70. The second kappa shape index (κ2) is 6.16. The quantitative estimate of drug-likeness (QED) is 0.764. The number of para-hydroxylation sites is 1. The Morgan fingerprint density at radius 3 is 3.00 bits per heavy atom. The Morgan fingerprint density at radius 1 is 1.21 bits per heavy atom. The van der Waals surface area contributed by atoms with Gasteiger partial charge in [-0.2, -0.15) is 0 Å². The molecule has 0 saturated carbocycles. The van der Waals surface area contributed by atoms with Gasteiger partial charge in [0.1, 0.15) is 0 Å². The number of hydrogen-bond donors (Lipinski definition) is 1. The number of nitrogens with one attached hydrogen (secondary N) is 1. The van der Waals surface area contributed by atoms with E-state index in [0.29, 0.717) is 6.42 Å². The van der Waals surface area contributed by atoms with E-state index in [9.17, 15) is 4.79 Å². The molecule has 24 heavy (non-hydrogen) atoms. The molecule has 0 spiro atoms. The van der Waals surface area contributed by atoms with E-state index < -0.39 is 0 Å². The van der Waals surface area contributed by atoms with E-state index >= 15 is 0 Å². The molecule has 3 heteroatoms. The van der Waals surface area contributed by atoms with Gasteiger partial charge in [-0.25, -0.2) is 0 Å². The van der Waals surface area contributed by atoms with Gasteiger partial charge < -0.3 is 9.88 Å². The Bertz CT molecular complexity index is 894. The Balaban J connectivity index is 1.51. The minimum Gasteiger partial charge on any atom is -0.361 e. The molecule has 1 amide bonds. The summed E-state index contributed by atoms with van der Waals surface area (Å²) in [4.78, 5) is 18.1. The van der Waals surface area contributed by atoms with Crippen LogP contribution in [0.5, 0.6) is 0 Å². The molecule has 122 valence electrons. The molecular formula is C21H22N2O. The van der Waals surface area contributed by atoms with E-state index in [-0.39, 0.29) is 5.91 Å². The molecule has 4 rings (SSSR count). The molecule has 0 atom stereocenters. The van der Waals surface area contributed by atoms with Gasteiger partial charge in [-0.05, 0) is 49.4 Å². The zero-order valence-electron chi connectivity index (χ0n) is 14.0. The van der Waals surface area contributed by atoms with E-state index in [1.807, 2.05) is 23.2 Å². The molecule has 1 N–H and O–H groups in total. The van der Waals surface area contributed by atoms with Crippen molar-refractivity contribution in [3.63, 3.8) is 0 Å². The van der Waals surface area contributed by atoms with Crippen LogP contribution in [0.1, 0.15) is 29.5 Å². The molecule has 0 saturated heterocycles. The molecular weight excluding hydrogens is 296 g/mol. The SMILES string of the molecule is Cc1ccc2c(c1)CCCN2C(=O)CCc1c[nH]c2ccccc12. The lowest BCUT2D eigenvalue weighted by Crippen LogP contribution is -2.35. The number of carbonyl (C=O) groups is 1. The molecule has 0 bridgehead atoms. The van der Waals surface area contributed by atoms with Crippen LogP contribution < -0.4 is 4.90 Å². The minimum atomic E-state index is 0.227. The van der Waals surface area contributed by atoms with E-state index in [1.165, 1.54) is 22.1 Å². The van der Waals surface area contributed by atoms with Crippen LogP contribution in [0.3, 0.4) is 0 Å². The van der Waals surface area contributed by atoms with Crippen molar-refractivity contribution >= 4 is 22.5 Å². The number of benzene rings is 2. The summed E-state index contributed by atoms with van der Waals surface area (Å²) in [6, 6.07) is 14.7. The molecule has 3 aromatic rings. The maximum atomic E-state index is 12.8. The van der Waals surface area contributed by atoms with E-state index in [2.05, 4.69) is 42.2 Å². The van der Waals surface area contributed by atoms with Gasteiger partial charge in [0, 0.05) is 35.8 Å². The number of amides is 1. The summed E-state index contributed by atoms with van der Waals surface area (Å²) in [6.45, 7) is 2.95. The third-order valence-corrected chi connectivity index (χ3v) is 4.94. The Labute approximate surface area is 142 Å². The second-order valence-electron chi connectivity index (χ2n) is 6.64. The largest absolute Gasteiger partial charge is 0.361 e. The van der Waals surface area contributed by atoms with Gasteiger partial charge >= 0.3 is 0 Å². The highest BCUT2D eigenvalue weighted by Gasteiger charge is 2.22. The van der Waals surface area contributed by atoms with E-state index in [0.717, 1.165) is 37.0 Å². The van der Waals surface area contributed by atoms with E-state index in [4.69, 9.17) is 0 Å². The average Bonchev–Trinajstić information content (AvgIpc) is 3.02. The monoisotopic (exact) mass is 318 g/mol. The molecule has 0 aliphatic carbocycles. The Hall–Kier alpha value is -2.55. The summed E-state index contributed by atoms with van der Waals surface area (Å²) in [7, 11) is 0. The number of aromatic amines is 1. The lowest BCUT2D eigenvalue weighted by Gasteiger charge is -2.30. The van der Waals surface area contributed by atoms with Gasteiger partial charge in [0.05, 0.1) is 0 Å². The number of aryl methyl sites for hydroxylation is 3. The van der Waals surface area contributed by atoms with Gasteiger partial charge in [-0.1, -0.05) is 35.9 Å². The van der Waals surface area contributed by atoms with Crippen LogP contribution in [0.25, 0.3) is 10.9 Å². The molecule has 1 aliphatic heterocycles. The summed E-state index contributed by atoms with van der Waals surface area (Å²) in [5, 5.41) is 1.22. The fraction of sp³-hybridized carbons (Fsp3) is 0.286. The van der Waals surface area contributed by atoms with Crippen LogP contribution in [0, 0.1) is 6.92 Å². The van der Waals surface area contributed by atoms with Crippen molar-refractivity contribution in [2.24, 2.45) is 0 Å². The van der Waals surface area contributed by atoms with Crippen LogP contribution in [-0.4, -0.2) is 17.4 Å². The van der Waals surface area contributed by atoms with Crippen molar-refractivity contribution in [1.82, 2.24) is 4.98 Å². The van der Waals surface area contributed by atoms with Gasteiger partial charge in [0.2, 0.25) is 5.91 Å². The molecule has 2 aromatic carbocycles. The third kappa shape index (κ3) is 2.71. The number of nitrogens with zero attached hydrogens (tertiary/aromatic N) is 1. The molecule has 0 unspecified atom stereocenters. The fourth-order valence-electron chi connectivity index (χ4n) is 3.70. The van der Waals surface area contributed by atoms with Crippen LogP contribution >= 0.6 is 0 Å². The van der Waals surface area contributed by atoms with Crippen molar-refractivity contribution < 1.29 is 4.79 Å². The van der Waals surface area contributed by atoms with Gasteiger partial charge in [-0.15, -0.1) is 0 Å². The highest BCUT2D eigenvalue weighted by Crippen LogP contribution is 2.29. The average molecular weight is 318 g/mol. The summed E-state index contributed by atoms with van der Waals surface area (Å²) in [5.41, 5.74) is 6.04. The molecule has 0 fully saturated rings.